The molecule has 0 atom stereocenters. The molecular formula is C5H11FO2Si. The minimum atomic E-state index is -1.83. The molecule has 0 aromatic rings. The first-order valence-electron chi connectivity index (χ1n) is 2.73. The molecule has 0 radical (unpaired) electrons. The summed E-state index contributed by atoms with van der Waals surface area (Å²) in [5.41, 5.74) is 0. The summed E-state index contributed by atoms with van der Waals surface area (Å²) >= 11 is 0. The third-order valence-electron chi connectivity index (χ3n) is 0.529. The molecule has 9 heavy (non-hydrogen) atoms. The first-order valence-corrected chi connectivity index (χ1v) is 6.14. The monoisotopic (exact) mass is 150 g/mol. The molecule has 0 N–H and O–H groups in total. The van der Waals surface area contributed by atoms with Gasteiger partial charge in [-0.15, -0.1) is 0 Å². The van der Waals surface area contributed by atoms with Crippen LogP contribution in [0.4, 0.5) is 4.39 Å². The van der Waals surface area contributed by atoms with E-state index in [0.29, 0.717) is 0 Å². The van der Waals surface area contributed by atoms with Crippen LogP contribution in [0.5, 0.6) is 0 Å². The fourth-order valence-electron chi connectivity index (χ4n) is 0.369. The molecular weight excluding hydrogens is 139 g/mol. The largest absolute Gasteiger partial charge is 0.518 e. The van der Waals surface area contributed by atoms with Crippen LogP contribution in [0.15, 0.2) is 0 Å². The minimum absolute atomic E-state index is 0.742. The lowest BCUT2D eigenvalue weighted by Crippen LogP contribution is -2.29. The Labute approximate surface area is 55.1 Å². The highest BCUT2D eigenvalue weighted by Crippen LogP contribution is 2.02. The van der Waals surface area contributed by atoms with Gasteiger partial charge >= 0.3 is 5.97 Å². The summed E-state index contributed by atoms with van der Waals surface area (Å²) in [6, 6.07) is 0. The molecule has 2 nitrogen and oxygen atoms in total. The van der Waals surface area contributed by atoms with E-state index >= 15 is 0 Å². The van der Waals surface area contributed by atoms with Gasteiger partial charge in [-0.2, -0.15) is 0 Å². The molecule has 0 spiro atoms. The Morgan fingerprint density at radius 3 is 2.11 bits per heavy atom. The second-order valence-corrected chi connectivity index (χ2v) is 7.15. The zero-order valence-electron chi connectivity index (χ0n) is 5.90. The van der Waals surface area contributed by atoms with Crippen LogP contribution in [0.1, 0.15) is 0 Å². The van der Waals surface area contributed by atoms with Crippen molar-refractivity contribution >= 4 is 14.3 Å². The molecule has 4 heteroatoms. The fourth-order valence-corrected chi connectivity index (χ4v) is 1.11. The zero-order chi connectivity index (χ0) is 7.49. The second kappa shape index (κ2) is 2.96. The van der Waals surface area contributed by atoms with Crippen LogP contribution < -0.4 is 0 Å². The van der Waals surface area contributed by atoms with Crippen molar-refractivity contribution in [3.8, 4) is 0 Å². The van der Waals surface area contributed by atoms with E-state index in [2.05, 4.69) is 0 Å². The minimum Gasteiger partial charge on any atom is -0.518 e. The van der Waals surface area contributed by atoms with Gasteiger partial charge in [-0.1, -0.05) is 0 Å². The molecule has 0 amide bonds. The number of alkyl halides is 1. The predicted molar refractivity (Wildman–Crippen MR) is 35.4 cm³/mol. The number of carbonyl (C=O) groups excluding carboxylic acids is 1. The zero-order valence-corrected chi connectivity index (χ0v) is 6.90. The third kappa shape index (κ3) is 5.49. The molecule has 54 valence electrons. The number of hydrogen-bond donors (Lipinski definition) is 0. The number of hydrogen-bond acceptors (Lipinski definition) is 2. The lowest BCUT2D eigenvalue weighted by Gasteiger charge is -2.15. The highest BCUT2D eigenvalue weighted by Gasteiger charge is 2.19. The summed E-state index contributed by atoms with van der Waals surface area (Å²) in [5, 5.41) is 0. The highest BCUT2D eigenvalue weighted by molar-refractivity contribution is 6.71. The van der Waals surface area contributed by atoms with E-state index in [4.69, 9.17) is 4.43 Å². The van der Waals surface area contributed by atoms with Crippen LogP contribution >= 0.6 is 0 Å². The van der Waals surface area contributed by atoms with Gasteiger partial charge in [-0.25, -0.2) is 4.39 Å². The Kier molecular flexibility index (Phi) is 2.83. The number of carbonyl (C=O) groups is 1. The molecule has 0 heterocycles. The predicted octanol–water partition coefficient (Wildman–Crippen LogP) is 1.33. The van der Waals surface area contributed by atoms with E-state index in [9.17, 15) is 9.18 Å². The van der Waals surface area contributed by atoms with Crippen LogP contribution in [0.3, 0.4) is 0 Å². The second-order valence-electron chi connectivity index (χ2n) is 2.72. The van der Waals surface area contributed by atoms with Crippen LogP contribution in [0, 0.1) is 0 Å². The van der Waals surface area contributed by atoms with E-state index in [1.165, 1.54) is 0 Å². The fraction of sp³-hybridized carbons (Fsp3) is 0.800. The molecule has 0 aromatic carbocycles. The van der Waals surface area contributed by atoms with Gasteiger partial charge in [0, 0.05) is 0 Å². The van der Waals surface area contributed by atoms with Gasteiger partial charge in [0.2, 0.25) is 8.32 Å². The summed E-state index contributed by atoms with van der Waals surface area (Å²) in [5.74, 6) is -0.742. The Hall–Kier alpha value is -0.383. The van der Waals surface area contributed by atoms with Crippen LogP contribution in [-0.2, 0) is 9.22 Å². The molecule has 0 saturated carbocycles. The third-order valence-corrected chi connectivity index (χ3v) is 1.37. The molecule has 0 aromatic heterocycles. The lowest BCUT2D eigenvalue weighted by molar-refractivity contribution is -0.136. The van der Waals surface area contributed by atoms with Gasteiger partial charge in [0.15, 0.2) is 6.67 Å². The maximum atomic E-state index is 11.5. The Balaban J connectivity index is 3.60. The summed E-state index contributed by atoms with van der Waals surface area (Å²) in [6.45, 7) is 4.49. The molecule has 0 fully saturated rings. The van der Waals surface area contributed by atoms with Crippen molar-refractivity contribution in [1.29, 1.82) is 0 Å². The van der Waals surface area contributed by atoms with E-state index < -0.39 is 21.0 Å². The van der Waals surface area contributed by atoms with Crippen molar-refractivity contribution < 1.29 is 13.6 Å². The van der Waals surface area contributed by atoms with Crippen molar-refractivity contribution in [2.75, 3.05) is 6.67 Å². The van der Waals surface area contributed by atoms with Gasteiger partial charge in [0.1, 0.15) is 0 Å². The van der Waals surface area contributed by atoms with Crippen molar-refractivity contribution in [3.05, 3.63) is 0 Å². The Bertz CT molecular complexity index is 108. The molecule has 0 aliphatic rings. The molecule has 0 aliphatic carbocycles. The van der Waals surface area contributed by atoms with Gasteiger partial charge in [0.25, 0.3) is 0 Å². The summed E-state index contributed by atoms with van der Waals surface area (Å²) in [7, 11) is -1.83. The smallest absolute Gasteiger partial charge is 0.324 e. The van der Waals surface area contributed by atoms with Crippen LogP contribution in [-0.4, -0.2) is 21.0 Å². The Morgan fingerprint density at radius 1 is 1.56 bits per heavy atom. The first kappa shape index (κ1) is 8.62. The summed E-state index contributed by atoms with van der Waals surface area (Å²) in [6.07, 6.45) is 0. The normalized spacial score (nSPS) is 11.1. The molecule has 0 bridgehead atoms. The Morgan fingerprint density at radius 2 is 2.00 bits per heavy atom. The molecule has 0 rings (SSSR count). The number of rotatable bonds is 2. The van der Waals surface area contributed by atoms with E-state index in [1.807, 2.05) is 19.6 Å². The highest BCUT2D eigenvalue weighted by atomic mass is 28.4. The van der Waals surface area contributed by atoms with Gasteiger partial charge in [-0.3, -0.25) is 4.79 Å². The average molecular weight is 150 g/mol. The SMILES string of the molecule is C[Si](C)(C)OC(=O)CF. The van der Waals surface area contributed by atoms with Crippen molar-refractivity contribution in [3.63, 3.8) is 0 Å². The lowest BCUT2D eigenvalue weighted by atomic mass is 10.8. The summed E-state index contributed by atoms with van der Waals surface area (Å²) < 4.78 is 16.2. The average Bonchev–Trinajstić information content (AvgIpc) is 1.62. The van der Waals surface area contributed by atoms with Gasteiger partial charge in [-0.05, 0) is 19.6 Å². The molecule has 0 saturated heterocycles. The van der Waals surface area contributed by atoms with Gasteiger partial charge < -0.3 is 4.43 Å². The van der Waals surface area contributed by atoms with Crippen LogP contribution in [0.25, 0.3) is 0 Å². The topological polar surface area (TPSA) is 26.3 Å². The summed E-state index contributed by atoms with van der Waals surface area (Å²) in [4.78, 5) is 10.3. The number of halogens is 1. The quantitative estimate of drug-likeness (QED) is 0.555. The molecule has 0 unspecified atom stereocenters. The van der Waals surface area contributed by atoms with Crippen molar-refractivity contribution in [2.24, 2.45) is 0 Å². The van der Waals surface area contributed by atoms with E-state index in [1.54, 1.807) is 0 Å². The van der Waals surface area contributed by atoms with E-state index in [0.717, 1.165) is 0 Å². The van der Waals surface area contributed by atoms with E-state index in [-0.39, 0.29) is 0 Å². The van der Waals surface area contributed by atoms with Gasteiger partial charge in [0.05, 0.1) is 0 Å². The standard InChI is InChI=1S/C5H11FO2Si/c1-9(2,3)8-5(7)4-6/h4H2,1-3H3. The van der Waals surface area contributed by atoms with Crippen molar-refractivity contribution in [1.82, 2.24) is 0 Å². The van der Waals surface area contributed by atoms with Crippen LogP contribution in [0.2, 0.25) is 19.6 Å². The first-order chi connectivity index (χ1) is 3.95. The van der Waals surface area contributed by atoms with Crippen molar-refractivity contribution in [2.45, 2.75) is 19.6 Å². The maximum Gasteiger partial charge on any atom is 0.324 e. The maximum absolute atomic E-state index is 11.5. The molecule has 0 aliphatic heterocycles.